The van der Waals surface area contributed by atoms with E-state index in [9.17, 15) is 4.79 Å². The second-order valence-electron chi connectivity index (χ2n) is 7.20. The highest BCUT2D eigenvalue weighted by Crippen LogP contribution is 2.29. The lowest BCUT2D eigenvalue weighted by molar-refractivity contribution is 0.0905. The highest BCUT2D eigenvalue weighted by atomic mass is 16.3. The summed E-state index contributed by atoms with van der Waals surface area (Å²) in [6, 6.07) is 2.15. The average molecular weight is 313 g/mol. The molecule has 1 N–H and O–H groups in total. The van der Waals surface area contributed by atoms with Gasteiger partial charge in [0.05, 0.1) is 6.26 Å². The number of nitrogens with one attached hydrogen (secondary N) is 1. The summed E-state index contributed by atoms with van der Waals surface area (Å²) in [6.45, 7) is 7.55. The molecule has 2 aromatic rings. The zero-order valence-corrected chi connectivity index (χ0v) is 13.7. The molecule has 3 atom stereocenters. The van der Waals surface area contributed by atoms with Gasteiger partial charge >= 0.3 is 0 Å². The van der Waals surface area contributed by atoms with Crippen LogP contribution in [0.15, 0.2) is 22.9 Å². The van der Waals surface area contributed by atoms with Crippen molar-refractivity contribution in [1.29, 1.82) is 0 Å². The Morgan fingerprint density at radius 2 is 2.30 bits per heavy atom. The van der Waals surface area contributed by atoms with Crippen molar-refractivity contribution in [2.75, 3.05) is 19.6 Å². The number of hydrogen-bond donors (Lipinski definition) is 1. The van der Waals surface area contributed by atoms with Crippen LogP contribution in [0.3, 0.4) is 0 Å². The average Bonchev–Trinajstić information content (AvgIpc) is 3.10. The zero-order chi connectivity index (χ0) is 16.0. The van der Waals surface area contributed by atoms with E-state index in [0.29, 0.717) is 17.2 Å². The minimum absolute atomic E-state index is 0.118. The van der Waals surface area contributed by atoms with E-state index in [0.717, 1.165) is 29.8 Å². The number of nitrogens with zero attached hydrogens (tertiary/aromatic N) is 2. The van der Waals surface area contributed by atoms with E-state index < -0.39 is 0 Å². The van der Waals surface area contributed by atoms with Crippen LogP contribution in [0.4, 0.5) is 0 Å². The van der Waals surface area contributed by atoms with Crippen LogP contribution >= 0.6 is 0 Å². The van der Waals surface area contributed by atoms with Crippen molar-refractivity contribution in [3.05, 3.63) is 29.8 Å². The Balaban J connectivity index is 1.57. The molecule has 0 spiro atoms. The molecule has 2 saturated heterocycles. The maximum Gasteiger partial charge on any atom is 0.274 e. The van der Waals surface area contributed by atoms with Crippen LogP contribution in [0, 0.1) is 5.92 Å². The fourth-order valence-corrected chi connectivity index (χ4v) is 4.01. The van der Waals surface area contributed by atoms with Crippen LogP contribution in [-0.4, -0.2) is 41.5 Å². The number of amides is 1. The molecule has 5 nitrogen and oxygen atoms in total. The summed E-state index contributed by atoms with van der Waals surface area (Å²) < 4.78 is 5.67. The van der Waals surface area contributed by atoms with E-state index >= 15 is 0 Å². The van der Waals surface area contributed by atoms with Crippen LogP contribution in [-0.2, 0) is 0 Å². The number of furan rings is 1. The van der Waals surface area contributed by atoms with Gasteiger partial charge < -0.3 is 14.6 Å². The first kappa shape index (κ1) is 14.7. The second-order valence-corrected chi connectivity index (χ2v) is 7.20. The fourth-order valence-electron chi connectivity index (χ4n) is 4.01. The van der Waals surface area contributed by atoms with E-state index in [2.05, 4.69) is 29.0 Å². The molecule has 0 saturated carbocycles. The lowest BCUT2D eigenvalue weighted by Gasteiger charge is -2.30. The molecular formula is C18H23N3O2. The number of rotatable bonds is 3. The van der Waals surface area contributed by atoms with Gasteiger partial charge in [0.15, 0.2) is 11.3 Å². The molecule has 0 aliphatic carbocycles. The third kappa shape index (κ3) is 2.63. The Labute approximate surface area is 136 Å². The Morgan fingerprint density at radius 1 is 1.43 bits per heavy atom. The van der Waals surface area contributed by atoms with Gasteiger partial charge in [-0.05, 0) is 37.3 Å². The van der Waals surface area contributed by atoms with Crippen molar-refractivity contribution in [3.8, 4) is 0 Å². The van der Waals surface area contributed by atoms with Crippen molar-refractivity contribution in [2.45, 2.75) is 38.6 Å². The SMILES string of the molecule is CC(C)c1coc2c(C(=O)N[C@@H]3C[C@H]4CCN(C4)C3)nccc12. The molecule has 23 heavy (non-hydrogen) atoms. The second kappa shape index (κ2) is 5.64. The van der Waals surface area contributed by atoms with E-state index in [1.165, 1.54) is 19.5 Å². The Hall–Kier alpha value is -1.88. The van der Waals surface area contributed by atoms with Crippen molar-refractivity contribution in [2.24, 2.45) is 5.92 Å². The molecule has 4 heterocycles. The molecule has 2 aromatic heterocycles. The third-order valence-electron chi connectivity index (χ3n) is 5.16. The predicted molar refractivity (Wildman–Crippen MR) is 88.5 cm³/mol. The summed E-state index contributed by atoms with van der Waals surface area (Å²) in [4.78, 5) is 19.4. The lowest BCUT2D eigenvalue weighted by atomic mass is 9.96. The van der Waals surface area contributed by atoms with Crippen LogP contribution < -0.4 is 5.32 Å². The van der Waals surface area contributed by atoms with E-state index in [1.54, 1.807) is 12.5 Å². The predicted octanol–water partition coefficient (Wildman–Crippen LogP) is 2.78. The molecule has 1 amide bonds. The van der Waals surface area contributed by atoms with Crippen molar-refractivity contribution in [1.82, 2.24) is 15.2 Å². The number of carbonyl (C=O) groups excluding carboxylic acids is 1. The Kier molecular flexibility index (Phi) is 3.60. The topological polar surface area (TPSA) is 58.4 Å². The van der Waals surface area contributed by atoms with Crippen LogP contribution in [0.25, 0.3) is 11.0 Å². The molecule has 4 rings (SSSR count). The summed E-state index contributed by atoms with van der Waals surface area (Å²) in [7, 11) is 0. The van der Waals surface area contributed by atoms with Gasteiger partial charge in [0.2, 0.25) is 0 Å². The molecule has 0 radical (unpaired) electrons. The molecule has 2 aliphatic rings. The Morgan fingerprint density at radius 3 is 3.09 bits per heavy atom. The first-order chi connectivity index (χ1) is 11.1. The van der Waals surface area contributed by atoms with Crippen molar-refractivity contribution < 1.29 is 9.21 Å². The highest BCUT2D eigenvalue weighted by molar-refractivity contribution is 6.03. The molecule has 1 unspecified atom stereocenters. The number of aromatic nitrogens is 1. The smallest absolute Gasteiger partial charge is 0.274 e. The molecule has 122 valence electrons. The molecule has 2 fully saturated rings. The minimum atomic E-state index is -0.118. The zero-order valence-electron chi connectivity index (χ0n) is 13.7. The summed E-state index contributed by atoms with van der Waals surface area (Å²) in [5.74, 6) is 0.970. The van der Waals surface area contributed by atoms with Crippen LogP contribution in [0.1, 0.15) is 48.7 Å². The Bertz CT molecular complexity index is 725. The minimum Gasteiger partial charge on any atom is -0.462 e. The molecular weight excluding hydrogens is 290 g/mol. The lowest BCUT2D eigenvalue weighted by Crippen LogP contribution is -2.47. The van der Waals surface area contributed by atoms with Gasteiger partial charge in [-0.2, -0.15) is 0 Å². The van der Waals surface area contributed by atoms with Gasteiger partial charge in [0.1, 0.15) is 0 Å². The van der Waals surface area contributed by atoms with Crippen LogP contribution in [0.2, 0.25) is 0 Å². The van der Waals surface area contributed by atoms with E-state index in [4.69, 9.17) is 4.42 Å². The van der Waals surface area contributed by atoms with E-state index in [-0.39, 0.29) is 11.9 Å². The molecule has 5 heteroatoms. The summed E-state index contributed by atoms with van der Waals surface area (Å²) >= 11 is 0. The fraction of sp³-hybridized carbons (Fsp3) is 0.556. The van der Waals surface area contributed by atoms with Gasteiger partial charge in [0.25, 0.3) is 5.91 Å². The third-order valence-corrected chi connectivity index (χ3v) is 5.16. The van der Waals surface area contributed by atoms with Gasteiger partial charge in [0, 0.05) is 36.3 Å². The van der Waals surface area contributed by atoms with Crippen LogP contribution in [0.5, 0.6) is 0 Å². The number of pyridine rings is 1. The molecule has 0 aromatic carbocycles. The van der Waals surface area contributed by atoms with Gasteiger partial charge in [-0.3, -0.25) is 4.79 Å². The summed E-state index contributed by atoms with van der Waals surface area (Å²) in [6.07, 6.45) is 5.79. The van der Waals surface area contributed by atoms with Crippen molar-refractivity contribution >= 4 is 16.9 Å². The number of carbonyl (C=O) groups is 1. The number of piperidine rings is 1. The normalized spacial score (nSPS) is 26.8. The highest BCUT2D eigenvalue weighted by Gasteiger charge is 2.33. The first-order valence-corrected chi connectivity index (χ1v) is 8.51. The molecule has 2 aliphatic heterocycles. The number of fused-ring (bicyclic) bond motifs is 3. The van der Waals surface area contributed by atoms with E-state index in [1.807, 2.05) is 6.07 Å². The van der Waals surface area contributed by atoms with Crippen molar-refractivity contribution in [3.63, 3.8) is 0 Å². The summed E-state index contributed by atoms with van der Waals surface area (Å²) in [5.41, 5.74) is 2.13. The monoisotopic (exact) mass is 313 g/mol. The maximum absolute atomic E-state index is 12.7. The van der Waals surface area contributed by atoms with Gasteiger partial charge in [-0.15, -0.1) is 0 Å². The maximum atomic E-state index is 12.7. The first-order valence-electron chi connectivity index (χ1n) is 8.51. The number of hydrogen-bond acceptors (Lipinski definition) is 4. The molecule has 2 bridgehead atoms. The standard InChI is InChI=1S/C18H23N3O2/c1-11(2)15-10-23-17-14(15)3-5-19-16(17)18(22)20-13-7-12-4-6-21(8-12)9-13/h3,5,10-13H,4,6-9H2,1-2H3,(H,20,22)/t12-,13-/m1/s1. The van der Waals surface area contributed by atoms with Gasteiger partial charge in [-0.1, -0.05) is 13.8 Å². The quantitative estimate of drug-likeness (QED) is 0.946. The summed E-state index contributed by atoms with van der Waals surface area (Å²) in [5, 5.41) is 4.16. The largest absolute Gasteiger partial charge is 0.462 e. The van der Waals surface area contributed by atoms with Gasteiger partial charge in [-0.25, -0.2) is 4.98 Å².